The number of rotatable bonds is 4. The molecule has 1 aromatic heterocycles. The van der Waals surface area contributed by atoms with Crippen LogP contribution < -0.4 is 10.1 Å². The Labute approximate surface area is 123 Å². The number of nitrogens with zero attached hydrogens (tertiary/aromatic N) is 1. The van der Waals surface area contributed by atoms with Crippen LogP contribution in [-0.4, -0.2) is 22.7 Å². The van der Waals surface area contributed by atoms with Crippen molar-refractivity contribution in [1.82, 2.24) is 10.2 Å². The summed E-state index contributed by atoms with van der Waals surface area (Å²) in [6.07, 6.45) is 2.10. The molecule has 5 heteroatoms. The standard InChI is InChI=1S/C16H17N3O2/c1-3-8-21-13-7-5-4-6-11(13)12-9-14(20)17-16-15(12)10(2)18-19-16/h3-7,12H,1,8-9H2,2H3,(H2,17,18,19,20)/t12-/m0/s1. The van der Waals surface area contributed by atoms with Gasteiger partial charge in [0.1, 0.15) is 12.4 Å². The maximum Gasteiger partial charge on any atom is 0.226 e. The summed E-state index contributed by atoms with van der Waals surface area (Å²) in [6, 6.07) is 7.80. The van der Waals surface area contributed by atoms with Crippen molar-refractivity contribution in [2.24, 2.45) is 0 Å². The second-order valence-corrected chi connectivity index (χ2v) is 5.05. The van der Waals surface area contributed by atoms with Crippen molar-refractivity contribution in [3.05, 3.63) is 53.7 Å². The van der Waals surface area contributed by atoms with E-state index in [1.54, 1.807) is 6.08 Å². The number of ether oxygens (including phenoxy) is 1. The predicted molar refractivity (Wildman–Crippen MR) is 80.5 cm³/mol. The Kier molecular flexibility index (Phi) is 3.48. The van der Waals surface area contributed by atoms with E-state index in [9.17, 15) is 4.79 Å². The van der Waals surface area contributed by atoms with Crippen LogP contribution in [0.5, 0.6) is 5.75 Å². The molecule has 0 saturated carbocycles. The monoisotopic (exact) mass is 283 g/mol. The summed E-state index contributed by atoms with van der Waals surface area (Å²) >= 11 is 0. The second kappa shape index (κ2) is 5.44. The smallest absolute Gasteiger partial charge is 0.226 e. The summed E-state index contributed by atoms with van der Waals surface area (Å²) < 4.78 is 5.73. The fourth-order valence-electron chi connectivity index (χ4n) is 2.74. The molecule has 2 aromatic rings. The number of hydrogen-bond donors (Lipinski definition) is 2. The van der Waals surface area contributed by atoms with Crippen molar-refractivity contribution < 1.29 is 9.53 Å². The molecule has 21 heavy (non-hydrogen) atoms. The van der Waals surface area contributed by atoms with Crippen LogP contribution in [0, 0.1) is 6.92 Å². The van der Waals surface area contributed by atoms with Gasteiger partial charge in [-0.1, -0.05) is 30.9 Å². The van der Waals surface area contributed by atoms with Crippen LogP contribution in [0.25, 0.3) is 0 Å². The molecule has 0 unspecified atom stereocenters. The first-order valence-corrected chi connectivity index (χ1v) is 6.88. The number of carbonyl (C=O) groups excluding carboxylic acids is 1. The third-order valence-electron chi connectivity index (χ3n) is 3.64. The van der Waals surface area contributed by atoms with E-state index in [-0.39, 0.29) is 11.8 Å². The molecule has 1 atom stereocenters. The first-order chi connectivity index (χ1) is 10.2. The summed E-state index contributed by atoms with van der Waals surface area (Å²) in [5, 5.41) is 9.91. The number of fused-ring (bicyclic) bond motifs is 1. The van der Waals surface area contributed by atoms with Gasteiger partial charge in [-0.05, 0) is 13.0 Å². The molecule has 1 aromatic carbocycles. The van der Waals surface area contributed by atoms with Gasteiger partial charge in [0.25, 0.3) is 0 Å². The maximum atomic E-state index is 11.9. The predicted octanol–water partition coefficient (Wildman–Crippen LogP) is 2.76. The number of benzene rings is 1. The van der Waals surface area contributed by atoms with Gasteiger partial charge in [-0.25, -0.2) is 0 Å². The lowest BCUT2D eigenvalue weighted by Gasteiger charge is -2.24. The number of aromatic amines is 1. The molecule has 1 aliphatic heterocycles. The lowest BCUT2D eigenvalue weighted by molar-refractivity contribution is -0.116. The number of hydrogen-bond acceptors (Lipinski definition) is 3. The summed E-state index contributed by atoms with van der Waals surface area (Å²) in [6.45, 7) is 6.07. The fourth-order valence-corrected chi connectivity index (χ4v) is 2.74. The Hall–Kier alpha value is -2.56. The highest BCUT2D eigenvalue weighted by molar-refractivity contribution is 5.94. The molecule has 1 amide bonds. The molecule has 0 fully saturated rings. The van der Waals surface area contributed by atoms with Gasteiger partial charge in [-0.15, -0.1) is 0 Å². The van der Waals surface area contributed by atoms with Crippen molar-refractivity contribution >= 4 is 11.7 Å². The summed E-state index contributed by atoms with van der Waals surface area (Å²) in [5.41, 5.74) is 3.00. The van der Waals surface area contributed by atoms with Crippen molar-refractivity contribution in [1.29, 1.82) is 0 Å². The number of amides is 1. The first kappa shape index (κ1) is 13.4. The molecular weight excluding hydrogens is 266 g/mol. The number of H-pyrrole nitrogens is 1. The third kappa shape index (κ3) is 2.42. The number of aromatic nitrogens is 2. The van der Waals surface area contributed by atoms with Gasteiger partial charge in [-0.3, -0.25) is 9.89 Å². The quantitative estimate of drug-likeness (QED) is 0.848. The number of anilines is 1. The third-order valence-corrected chi connectivity index (χ3v) is 3.64. The largest absolute Gasteiger partial charge is 0.489 e. The van der Waals surface area contributed by atoms with Gasteiger partial charge in [0, 0.05) is 29.2 Å². The van der Waals surface area contributed by atoms with Gasteiger partial charge in [0.2, 0.25) is 5.91 Å². The minimum atomic E-state index is -0.0477. The van der Waals surface area contributed by atoms with E-state index in [1.165, 1.54) is 0 Å². The van der Waals surface area contributed by atoms with Crippen molar-refractivity contribution in [2.45, 2.75) is 19.3 Å². The van der Waals surface area contributed by atoms with Gasteiger partial charge >= 0.3 is 0 Å². The molecule has 108 valence electrons. The minimum Gasteiger partial charge on any atom is -0.489 e. The normalized spacial score (nSPS) is 17.0. The van der Waals surface area contributed by atoms with Crippen LogP contribution in [0.4, 0.5) is 5.82 Å². The zero-order valence-electron chi connectivity index (χ0n) is 11.8. The zero-order chi connectivity index (χ0) is 14.8. The van der Waals surface area contributed by atoms with Gasteiger partial charge < -0.3 is 10.1 Å². The van der Waals surface area contributed by atoms with Crippen LogP contribution in [0.3, 0.4) is 0 Å². The molecule has 0 radical (unpaired) electrons. The molecule has 5 nitrogen and oxygen atoms in total. The van der Waals surface area contributed by atoms with Crippen LogP contribution in [-0.2, 0) is 4.79 Å². The molecule has 0 bridgehead atoms. The number of nitrogens with one attached hydrogen (secondary N) is 2. The van der Waals surface area contributed by atoms with Gasteiger partial charge in [-0.2, -0.15) is 5.10 Å². The van der Waals surface area contributed by atoms with Crippen molar-refractivity contribution in [3.63, 3.8) is 0 Å². The SMILES string of the molecule is C=CCOc1ccccc1[C@@H]1CC(=O)Nc2n[nH]c(C)c21. The second-order valence-electron chi connectivity index (χ2n) is 5.05. The fraction of sp³-hybridized carbons (Fsp3) is 0.250. The Bertz CT molecular complexity index is 691. The van der Waals surface area contributed by atoms with Crippen LogP contribution >= 0.6 is 0 Å². The Balaban J connectivity index is 2.06. The number of carbonyl (C=O) groups is 1. The van der Waals surface area contributed by atoms with Gasteiger partial charge in [0.15, 0.2) is 5.82 Å². The lowest BCUT2D eigenvalue weighted by Crippen LogP contribution is -2.23. The summed E-state index contributed by atoms with van der Waals surface area (Å²) in [4.78, 5) is 11.9. The highest BCUT2D eigenvalue weighted by Gasteiger charge is 2.31. The average molecular weight is 283 g/mol. The topological polar surface area (TPSA) is 67.0 Å². The van der Waals surface area contributed by atoms with Crippen LogP contribution in [0.15, 0.2) is 36.9 Å². The summed E-state index contributed by atoms with van der Waals surface area (Å²) in [5.74, 6) is 1.32. The first-order valence-electron chi connectivity index (χ1n) is 6.88. The van der Waals surface area contributed by atoms with E-state index < -0.39 is 0 Å². The summed E-state index contributed by atoms with van der Waals surface area (Å²) in [7, 11) is 0. The Morgan fingerprint density at radius 3 is 3.10 bits per heavy atom. The van der Waals surface area contributed by atoms with E-state index in [0.717, 1.165) is 22.6 Å². The van der Waals surface area contributed by atoms with E-state index in [2.05, 4.69) is 22.1 Å². The number of para-hydroxylation sites is 1. The maximum absolute atomic E-state index is 11.9. The molecule has 0 aliphatic carbocycles. The molecule has 2 heterocycles. The molecule has 0 saturated heterocycles. The van der Waals surface area contributed by atoms with E-state index in [1.807, 2.05) is 31.2 Å². The Morgan fingerprint density at radius 1 is 1.48 bits per heavy atom. The van der Waals surface area contributed by atoms with Crippen molar-refractivity contribution in [2.75, 3.05) is 11.9 Å². The van der Waals surface area contributed by atoms with E-state index in [4.69, 9.17) is 4.74 Å². The number of aryl methyl sites for hydroxylation is 1. The van der Waals surface area contributed by atoms with E-state index >= 15 is 0 Å². The van der Waals surface area contributed by atoms with Gasteiger partial charge in [0.05, 0.1) is 0 Å². The van der Waals surface area contributed by atoms with E-state index in [0.29, 0.717) is 18.8 Å². The molecule has 0 spiro atoms. The van der Waals surface area contributed by atoms with Crippen molar-refractivity contribution in [3.8, 4) is 5.75 Å². The zero-order valence-corrected chi connectivity index (χ0v) is 11.8. The Morgan fingerprint density at radius 2 is 2.29 bits per heavy atom. The molecule has 2 N–H and O–H groups in total. The highest BCUT2D eigenvalue weighted by atomic mass is 16.5. The molecule has 3 rings (SSSR count). The molecule has 1 aliphatic rings. The average Bonchev–Trinajstić information content (AvgIpc) is 2.86. The van der Waals surface area contributed by atoms with Crippen LogP contribution in [0.1, 0.15) is 29.2 Å². The lowest BCUT2D eigenvalue weighted by atomic mass is 9.85. The minimum absolute atomic E-state index is 0.0301. The van der Waals surface area contributed by atoms with Crippen LogP contribution in [0.2, 0.25) is 0 Å². The molecular formula is C16H17N3O2. The highest BCUT2D eigenvalue weighted by Crippen LogP contribution is 2.41.